The van der Waals surface area contributed by atoms with Gasteiger partial charge in [0.15, 0.2) is 0 Å². The van der Waals surface area contributed by atoms with Crippen LogP contribution in [0.25, 0.3) is 5.65 Å². The van der Waals surface area contributed by atoms with Crippen LogP contribution in [0.5, 0.6) is 0 Å². The van der Waals surface area contributed by atoms with Gasteiger partial charge in [0, 0.05) is 31.2 Å². The van der Waals surface area contributed by atoms with Gasteiger partial charge >= 0.3 is 5.97 Å². The number of fused-ring (bicyclic) bond motifs is 1. The van der Waals surface area contributed by atoms with Gasteiger partial charge in [0.05, 0.1) is 10.4 Å². The first-order valence-electron chi connectivity index (χ1n) is 10.7. The van der Waals surface area contributed by atoms with Crippen molar-refractivity contribution in [3.63, 3.8) is 0 Å². The maximum atomic E-state index is 12.7. The summed E-state index contributed by atoms with van der Waals surface area (Å²) in [5.41, 5.74) is 1.68. The van der Waals surface area contributed by atoms with Crippen molar-refractivity contribution in [2.45, 2.75) is 37.2 Å². The topological polar surface area (TPSA) is 84.7 Å². The quantitative estimate of drug-likeness (QED) is 0.444. The smallest absolute Gasteiger partial charge is 0.325 e. The number of thiocarbonyl (C=S) groups is 1. The molecule has 2 aromatic heterocycles. The monoisotopic (exact) mass is 450 g/mol. The lowest BCUT2D eigenvalue weighted by molar-refractivity contribution is -0.151. The summed E-state index contributed by atoms with van der Waals surface area (Å²) < 4.78 is 7.91. The lowest BCUT2D eigenvalue weighted by Gasteiger charge is -2.44. The van der Waals surface area contributed by atoms with Crippen molar-refractivity contribution in [1.82, 2.24) is 20.0 Å². The Hall–Kier alpha value is -3.26. The molecule has 4 rings (SSSR count). The summed E-state index contributed by atoms with van der Waals surface area (Å²) >= 11 is 5.77. The van der Waals surface area contributed by atoms with Crippen molar-refractivity contribution < 1.29 is 14.3 Å². The molecule has 2 atom stereocenters. The minimum Gasteiger partial charge on any atom is -0.460 e. The van der Waals surface area contributed by atoms with Crippen molar-refractivity contribution in [1.29, 1.82) is 0 Å². The van der Waals surface area contributed by atoms with Crippen LogP contribution in [0.2, 0.25) is 0 Å². The Morgan fingerprint density at radius 2 is 2.03 bits per heavy atom. The number of likely N-dealkylation sites (N-methyl/N-ethyl adjacent to an activating group) is 1. The lowest BCUT2D eigenvalue weighted by atomic mass is 9.67. The van der Waals surface area contributed by atoms with Crippen LogP contribution in [0.1, 0.15) is 41.6 Å². The fourth-order valence-electron chi connectivity index (χ4n) is 4.47. The van der Waals surface area contributed by atoms with E-state index in [9.17, 15) is 9.59 Å². The van der Waals surface area contributed by atoms with Crippen molar-refractivity contribution in [2.75, 3.05) is 13.6 Å². The van der Waals surface area contributed by atoms with Gasteiger partial charge in [-0.3, -0.25) is 9.59 Å². The summed E-state index contributed by atoms with van der Waals surface area (Å²) in [7, 11) is 1.80. The van der Waals surface area contributed by atoms with E-state index in [0.717, 1.165) is 30.5 Å². The zero-order valence-corrected chi connectivity index (χ0v) is 18.7. The highest BCUT2D eigenvalue weighted by molar-refractivity contribution is 7.80. The highest BCUT2D eigenvalue weighted by Gasteiger charge is 2.48. The first kappa shape index (κ1) is 22.0. The molecule has 1 amide bonds. The number of hydrogen-bond acceptors (Lipinski definition) is 5. The van der Waals surface area contributed by atoms with Crippen LogP contribution in [-0.2, 0) is 14.9 Å². The second-order valence-electron chi connectivity index (χ2n) is 7.93. The van der Waals surface area contributed by atoms with E-state index in [1.165, 1.54) is 0 Å². The number of ether oxygens (including phenoxy) is 1. The number of aromatic nitrogens is 2. The van der Waals surface area contributed by atoms with Gasteiger partial charge in [-0.15, -0.1) is 0 Å². The number of carbonyl (C=O) groups is 2. The van der Waals surface area contributed by atoms with Gasteiger partial charge in [-0.05, 0) is 43.0 Å². The number of imidazole rings is 1. The number of carbonyl (C=O) groups excluding carboxylic acids is 2. The predicted molar refractivity (Wildman–Crippen MR) is 126 cm³/mol. The van der Waals surface area contributed by atoms with E-state index >= 15 is 0 Å². The van der Waals surface area contributed by atoms with Crippen LogP contribution >= 0.6 is 12.2 Å². The lowest BCUT2D eigenvalue weighted by Crippen LogP contribution is -2.54. The number of amides is 1. The van der Waals surface area contributed by atoms with Crippen LogP contribution in [-0.4, -0.2) is 45.9 Å². The van der Waals surface area contributed by atoms with Gasteiger partial charge in [0.1, 0.15) is 18.3 Å². The Morgan fingerprint density at radius 1 is 1.22 bits per heavy atom. The summed E-state index contributed by atoms with van der Waals surface area (Å²) in [4.78, 5) is 30.0. The zero-order valence-electron chi connectivity index (χ0n) is 17.9. The standard InChI is InChI=1S/C24H26N4O3S/c1-25-23(32)24(18-10-11-20-26-13-14-28(20)16-18)12-6-5-9-19(24)31-21(29)15-27-22(30)17-7-3-2-4-8-17/h2-4,7-8,10-11,13-14,16,19H,5-6,9,12,15H2,1H3,(H,25,32)(H,27,30). The first-order valence-corrected chi connectivity index (χ1v) is 11.1. The Kier molecular flexibility index (Phi) is 6.50. The Labute approximate surface area is 192 Å². The molecule has 1 saturated carbocycles. The molecule has 0 aliphatic heterocycles. The number of nitrogens with zero attached hydrogens (tertiary/aromatic N) is 2. The van der Waals surface area contributed by atoms with E-state index in [0.29, 0.717) is 17.0 Å². The Bertz CT molecular complexity index is 1130. The van der Waals surface area contributed by atoms with E-state index < -0.39 is 17.5 Å². The zero-order chi connectivity index (χ0) is 22.6. The predicted octanol–water partition coefficient (Wildman–Crippen LogP) is 3.03. The van der Waals surface area contributed by atoms with E-state index in [1.54, 1.807) is 37.5 Å². The molecule has 0 saturated heterocycles. The number of benzene rings is 1. The summed E-state index contributed by atoms with van der Waals surface area (Å²) in [6, 6.07) is 12.7. The molecule has 2 N–H and O–H groups in total. The number of hydrogen-bond donors (Lipinski definition) is 2. The summed E-state index contributed by atoms with van der Waals surface area (Å²) in [6.07, 6.45) is 8.59. The Balaban J connectivity index is 1.55. The highest BCUT2D eigenvalue weighted by Crippen LogP contribution is 2.42. The second-order valence-corrected chi connectivity index (χ2v) is 8.34. The number of esters is 1. The molecule has 7 nitrogen and oxygen atoms in total. The molecule has 8 heteroatoms. The van der Waals surface area contributed by atoms with Crippen LogP contribution in [0.4, 0.5) is 0 Å². The summed E-state index contributed by atoms with van der Waals surface area (Å²) in [5.74, 6) is -0.790. The van der Waals surface area contributed by atoms with E-state index in [-0.39, 0.29) is 12.5 Å². The molecule has 1 aliphatic rings. The van der Waals surface area contributed by atoms with E-state index in [4.69, 9.17) is 17.0 Å². The average Bonchev–Trinajstić information content (AvgIpc) is 3.31. The van der Waals surface area contributed by atoms with E-state index in [2.05, 4.69) is 15.6 Å². The molecule has 1 fully saturated rings. The molecule has 0 spiro atoms. The van der Waals surface area contributed by atoms with Gasteiger partial charge < -0.3 is 19.8 Å². The molecule has 1 aromatic carbocycles. The average molecular weight is 451 g/mol. The second kappa shape index (κ2) is 9.48. The molecule has 0 bridgehead atoms. The molecule has 0 radical (unpaired) electrons. The third-order valence-corrected chi connectivity index (χ3v) is 6.64. The maximum absolute atomic E-state index is 12.7. The fraction of sp³-hybridized carbons (Fsp3) is 0.333. The third-order valence-electron chi connectivity index (χ3n) is 6.08. The molecular weight excluding hydrogens is 424 g/mol. The molecule has 1 aliphatic carbocycles. The van der Waals surface area contributed by atoms with Crippen molar-refractivity contribution in [2.24, 2.45) is 0 Å². The first-order chi connectivity index (χ1) is 15.5. The van der Waals surface area contributed by atoms with Gasteiger partial charge in [0.2, 0.25) is 0 Å². The summed E-state index contributed by atoms with van der Waals surface area (Å²) in [5, 5.41) is 5.78. The molecular formula is C24H26N4O3S. The summed E-state index contributed by atoms with van der Waals surface area (Å²) in [6.45, 7) is -0.201. The third kappa shape index (κ3) is 4.23. The van der Waals surface area contributed by atoms with Crippen molar-refractivity contribution in [3.05, 3.63) is 72.2 Å². The van der Waals surface area contributed by atoms with Crippen LogP contribution < -0.4 is 10.6 Å². The SMILES string of the molecule is CNC(=S)C1(c2ccc3nccn3c2)CCCCC1OC(=O)CNC(=O)c1ccccc1. The number of nitrogens with one attached hydrogen (secondary N) is 2. The Morgan fingerprint density at radius 3 is 2.81 bits per heavy atom. The number of rotatable bonds is 6. The highest BCUT2D eigenvalue weighted by atomic mass is 32.1. The fourth-order valence-corrected chi connectivity index (χ4v) is 4.82. The largest absolute Gasteiger partial charge is 0.460 e. The van der Waals surface area contributed by atoms with Crippen LogP contribution in [0, 0.1) is 0 Å². The van der Waals surface area contributed by atoms with E-state index in [1.807, 2.05) is 35.0 Å². The van der Waals surface area contributed by atoms with Gasteiger partial charge in [-0.1, -0.05) is 42.9 Å². The maximum Gasteiger partial charge on any atom is 0.325 e. The minimum atomic E-state index is -0.639. The molecule has 3 aromatic rings. The minimum absolute atomic E-state index is 0.201. The van der Waals surface area contributed by atoms with Gasteiger partial charge in [0.25, 0.3) is 5.91 Å². The van der Waals surface area contributed by atoms with Crippen molar-refractivity contribution >= 4 is 34.7 Å². The van der Waals surface area contributed by atoms with Crippen LogP contribution in [0.15, 0.2) is 61.1 Å². The normalized spacial score (nSPS) is 20.5. The number of pyridine rings is 1. The van der Waals surface area contributed by atoms with Crippen LogP contribution in [0.3, 0.4) is 0 Å². The van der Waals surface area contributed by atoms with Gasteiger partial charge in [-0.25, -0.2) is 4.98 Å². The van der Waals surface area contributed by atoms with Crippen molar-refractivity contribution in [3.8, 4) is 0 Å². The molecule has 166 valence electrons. The molecule has 2 heterocycles. The van der Waals surface area contributed by atoms with Gasteiger partial charge in [-0.2, -0.15) is 0 Å². The molecule has 32 heavy (non-hydrogen) atoms. The molecule has 2 unspecified atom stereocenters.